The summed E-state index contributed by atoms with van der Waals surface area (Å²) in [6.45, 7) is 6.52. The Bertz CT molecular complexity index is 529. The maximum atomic E-state index is 12.8. The molecule has 5 nitrogen and oxygen atoms in total. The van der Waals surface area contributed by atoms with E-state index in [0.717, 1.165) is 25.7 Å². The van der Waals surface area contributed by atoms with E-state index >= 15 is 0 Å². The number of nitrogens with zero attached hydrogens (tertiary/aromatic N) is 1. The third kappa shape index (κ3) is 4.79. The monoisotopic (exact) mass is 353 g/mol. The molecule has 2 atom stereocenters. The highest BCUT2D eigenvalue weighted by Gasteiger charge is 2.43. The predicted molar refractivity (Wildman–Crippen MR) is 94.9 cm³/mol. The van der Waals surface area contributed by atoms with Crippen molar-refractivity contribution < 1.29 is 18.7 Å². The normalized spacial score (nSPS) is 20.6. The van der Waals surface area contributed by atoms with Gasteiger partial charge in [0.25, 0.3) is 5.91 Å². The van der Waals surface area contributed by atoms with Crippen LogP contribution in [0, 0.1) is 5.92 Å². The zero-order valence-electron chi connectivity index (χ0n) is 14.7. The van der Waals surface area contributed by atoms with Gasteiger partial charge >= 0.3 is 5.97 Å². The smallest absolute Gasteiger partial charge is 0.329 e. The molecule has 1 saturated heterocycles. The highest BCUT2D eigenvalue weighted by molar-refractivity contribution is 8.00. The van der Waals surface area contributed by atoms with E-state index in [1.165, 1.54) is 6.26 Å². The molecule has 1 aromatic heterocycles. The molecule has 24 heavy (non-hydrogen) atoms. The number of esters is 1. The number of amides is 1. The van der Waals surface area contributed by atoms with Crippen LogP contribution in [0.3, 0.4) is 0 Å². The summed E-state index contributed by atoms with van der Waals surface area (Å²) < 4.78 is 10.6. The van der Waals surface area contributed by atoms with Crippen LogP contribution in [0.2, 0.25) is 0 Å². The standard InChI is InChI=1S/C18H27NO4S/c1-4-5-6-9-16-19(17(20)15-8-7-10-22-15)14(12-24-16)18(21)23-11-13(2)3/h7-8,10,13-14,16H,4-6,9,11-12H2,1-3H3. The Morgan fingerprint density at radius 2 is 2.21 bits per heavy atom. The molecule has 0 N–H and O–H groups in total. The Balaban J connectivity index is 2.10. The summed E-state index contributed by atoms with van der Waals surface area (Å²) in [5.41, 5.74) is 0. The summed E-state index contributed by atoms with van der Waals surface area (Å²) >= 11 is 1.66. The van der Waals surface area contributed by atoms with Gasteiger partial charge in [-0.1, -0.05) is 40.0 Å². The molecule has 0 saturated carbocycles. The quantitative estimate of drug-likeness (QED) is 0.523. The first kappa shape index (κ1) is 18.9. The van der Waals surface area contributed by atoms with Crippen molar-refractivity contribution in [3.8, 4) is 0 Å². The number of ether oxygens (including phenoxy) is 1. The molecule has 0 aromatic carbocycles. The number of hydrogen-bond donors (Lipinski definition) is 0. The fourth-order valence-electron chi connectivity index (χ4n) is 2.68. The van der Waals surface area contributed by atoms with Crippen molar-refractivity contribution in [1.82, 2.24) is 4.90 Å². The van der Waals surface area contributed by atoms with Gasteiger partial charge in [-0.2, -0.15) is 0 Å². The highest BCUT2D eigenvalue weighted by atomic mass is 32.2. The topological polar surface area (TPSA) is 59.8 Å². The molecule has 2 heterocycles. The second-order valence-electron chi connectivity index (χ2n) is 6.51. The predicted octanol–water partition coefficient (Wildman–Crippen LogP) is 3.94. The Morgan fingerprint density at radius 1 is 1.42 bits per heavy atom. The van der Waals surface area contributed by atoms with E-state index in [2.05, 4.69) is 6.92 Å². The van der Waals surface area contributed by atoms with Crippen LogP contribution in [0.1, 0.15) is 57.0 Å². The molecule has 0 bridgehead atoms. The molecule has 2 rings (SSSR count). The molecule has 1 aromatic rings. The minimum absolute atomic E-state index is 0.00532. The number of rotatable bonds is 8. The average molecular weight is 353 g/mol. The van der Waals surface area contributed by atoms with Gasteiger partial charge in [-0.15, -0.1) is 11.8 Å². The van der Waals surface area contributed by atoms with Crippen molar-refractivity contribution >= 4 is 23.6 Å². The van der Waals surface area contributed by atoms with Gasteiger partial charge in [0.15, 0.2) is 5.76 Å². The van der Waals surface area contributed by atoms with Gasteiger partial charge < -0.3 is 14.1 Å². The number of carbonyl (C=O) groups excluding carboxylic acids is 2. The van der Waals surface area contributed by atoms with Gasteiger partial charge in [0.1, 0.15) is 6.04 Å². The Morgan fingerprint density at radius 3 is 2.83 bits per heavy atom. The molecule has 1 aliphatic heterocycles. The lowest BCUT2D eigenvalue weighted by molar-refractivity contribution is -0.149. The van der Waals surface area contributed by atoms with Crippen LogP contribution in [0.25, 0.3) is 0 Å². The maximum absolute atomic E-state index is 12.8. The molecule has 6 heteroatoms. The summed E-state index contributed by atoms with van der Waals surface area (Å²) in [6.07, 6.45) is 5.67. The van der Waals surface area contributed by atoms with E-state index in [-0.39, 0.29) is 28.9 Å². The number of thioether (sulfide) groups is 1. The maximum Gasteiger partial charge on any atom is 0.329 e. The lowest BCUT2D eigenvalue weighted by atomic mass is 10.1. The highest BCUT2D eigenvalue weighted by Crippen LogP contribution is 2.34. The van der Waals surface area contributed by atoms with Gasteiger partial charge in [-0.05, 0) is 24.5 Å². The number of carbonyl (C=O) groups is 2. The molecule has 1 amide bonds. The third-order valence-electron chi connectivity index (χ3n) is 3.94. The third-order valence-corrected chi connectivity index (χ3v) is 5.30. The number of unbranched alkanes of at least 4 members (excludes halogenated alkanes) is 2. The van der Waals surface area contributed by atoms with Crippen LogP contribution in [0.5, 0.6) is 0 Å². The van der Waals surface area contributed by atoms with Crippen LogP contribution in [-0.2, 0) is 9.53 Å². The largest absolute Gasteiger partial charge is 0.464 e. The number of furan rings is 1. The minimum Gasteiger partial charge on any atom is -0.464 e. The summed E-state index contributed by atoms with van der Waals surface area (Å²) in [5.74, 6) is 0.601. The van der Waals surface area contributed by atoms with Gasteiger partial charge in [-0.3, -0.25) is 4.79 Å². The summed E-state index contributed by atoms with van der Waals surface area (Å²) in [7, 11) is 0. The second-order valence-corrected chi connectivity index (χ2v) is 7.72. The number of hydrogen-bond acceptors (Lipinski definition) is 5. The van der Waals surface area contributed by atoms with Crippen LogP contribution in [0.4, 0.5) is 0 Å². The van der Waals surface area contributed by atoms with E-state index in [1.807, 2.05) is 13.8 Å². The van der Waals surface area contributed by atoms with Crippen LogP contribution in [-0.4, -0.2) is 40.6 Å². The molecule has 0 spiro atoms. The molecule has 2 unspecified atom stereocenters. The lowest BCUT2D eigenvalue weighted by Crippen LogP contribution is -2.46. The van der Waals surface area contributed by atoms with E-state index in [9.17, 15) is 9.59 Å². The van der Waals surface area contributed by atoms with Crippen molar-refractivity contribution in [3.63, 3.8) is 0 Å². The zero-order valence-corrected chi connectivity index (χ0v) is 15.5. The molecule has 1 aliphatic rings. The van der Waals surface area contributed by atoms with Crippen molar-refractivity contribution in [2.75, 3.05) is 12.4 Å². The van der Waals surface area contributed by atoms with Gasteiger partial charge in [-0.25, -0.2) is 4.79 Å². The Labute approximate surface area is 148 Å². The molecule has 1 fully saturated rings. The fraction of sp³-hybridized carbons (Fsp3) is 0.667. The summed E-state index contributed by atoms with van der Waals surface area (Å²) in [6, 6.07) is 2.80. The van der Waals surface area contributed by atoms with E-state index in [0.29, 0.717) is 12.4 Å². The van der Waals surface area contributed by atoms with Crippen LogP contribution < -0.4 is 0 Å². The molecular formula is C18H27NO4S. The fourth-order valence-corrected chi connectivity index (χ4v) is 4.12. The van der Waals surface area contributed by atoms with E-state index < -0.39 is 6.04 Å². The van der Waals surface area contributed by atoms with Crippen molar-refractivity contribution in [2.45, 2.75) is 57.9 Å². The minimum atomic E-state index is -0.530. The molecule has 0 aliphatic carbocycles. The van der Waals surface area contributed by atoms with Crippen molar-refractivity contribution in [3.05, 3.63) is 24.2 Å². The second kappa shape index (κ2) is 9.16. The van der Waals surface area contributed by atoms with Crippen LogP contribution >= 0.6 is 11.8 Å². The van der Waals surface area contributed by atoms with Crippen molar-refractivity contribution in [1.29, 1.82) is 0 Å². The van der Waals surface area contributed by atoms with Gasteiger partial charge in [0, 0.05) is 5.75 Å². The molecule has 0 radical (unpaired) electrons. The first-order valence-electron chi connectivity index (χ1n) is 8.69. The Kier molecular flexibility index (Phi) is 7.21. The van der Waals surface area contributed by atoms with E-state index in [4.69, 9.17) is 9.15 Å². The van der Waals surface area contributed by atoms with Gasteiger partial charge in [0.2, 0.25) is 0 Å². The van der Waals surface area contributed by atoms with Crippen molar-refractivity contribution in [2.24, 2.45) is 5.92 Å². The first-order valence-corrected chi connectivity index (χ1v) is 9.73. The summed E-state index contributed by atoms with van der Waals surface area (Å²) in [5, 5.41) is 0.00532. The summed E-state index contributed by atoms with van der Waals surface area (Å²) in [4.78, 5) is 26.9. The lowest BCUT2D eigenvalue weighted by Gasteiger charge is -2.27. The molecule has 134 valence electrons. The SMILES string of the molecule is CCCCCC1SCC(C(=O)OCC(C)C)N1C(=O)c1ccco1. The average Bonchev–Trinajstić information content (AvgIpc) is 3.22. The first-order chi connectivity index (χ1) is 11.5. The van der Waals surface area contributed by atoms with Crippen LogP contribution in [0.15, 0.2) is 22.8 Å². The Hall–Kier alpha value is -1.43. The van der Waals surface area contributed by atoms with Gasteiger partial charge in [0.05, 0.1) is 18.2 Å². The van der Waals surface area contributed by atoms with E-state index in [1.54, 1.807) is 28.8 Å². The molecular weight excluding hydrogens is 326 g/mol. The zero-order chi connectivity index (χ0) is 17.5.